The van der Waals surface area contributed by atoms with E-state index in [1.807, 2.05) is 12.1 Å². The minimum absolute atomic E-state index is 0.683. The van der Waals surface area contributed by atoms with Gasteiger partial charge in [0, 0.05) is 25.3 Å². The number of rotatable bonds is 3. The molecule has 4 heteroatoms. The second kappa shape index (κ2) is 5.07. The van der Waals surface area contributed by atoms with Crippen LogP contribution in [0.2, 0.25) is 0 Å². The number of nitrogens with one attached hydrogen (secondary N) is 1. The molecule has 0 spiro atoms. The molecule has 1 fully saturated rings. The van der Waals surface area contributed by atoms with Crippen LogP contribution in [0.1, 0.15) is 19.8 Å². The molecule has 2 rings (SSSR count). The highest BCUT2D eigenvalue weighted by molar-refractivity contribution is 5.36. The Balaban J connectivity index is 1.88. The number of piperidine rings is 1. The van der Waals surface area contributed by atoms with E-state index in [2.05, 4.69) is 27.3 Å². The van der Waals surface area contributed by atoms with Crippen molar-refractivity contribution in [3.8, 4) is 0 Å². The van der Waals surface area contributed by atoms with Gasteiger partial charge in [-0.1, -0.05) is 6.92 Å². The summed E-state index contributed by atoms with van der Waals surface area (Å²) >= 11 is 0. The van der Waals surface area contributed by atoms with Gasteiger partial charge < -0.3 is 10.2 Å². The summed E-state index contributed by atoms with van der Waals surface area (Å²) in [5.74, 6) is 1.01. The maximum Gasteiger partial charge on any atom is 0.151 e. The molecule has 0 saturated carbocycles. The van der Waals surface area contributed by atoms with Crippen LogP contribution < -0.4 is 10.2 Å². The lowest BCUT2D eigenvalue weighted by molar-refractivity contribution is 0.422. The number of hydrogen-bond acceptors (Lipinski definition) is 4. The molecule has 1 aromatic heterocycles. The van der Waals surface area contributed by atoms with Crippen molar-refractivity contribution in [1.29, 1.82) is 0 Å². The van der Waals surface area contributed by atoms with E-state index in [9.17, 15) is 0 Å². The Bertz CT molecular complexity index is 280. The molecule has 0 radical (unpaired) electrons. The van der Waals surface area contributed by atoms with Crippen LogP contribution in [-0.2, 0) is 0 Å². The number of aromatic nitrogens is 2. The highest BCUT2D eigenvalue weighted by Gasteiger charge is 2.18. The molecule has 0 bridgehead atoms. The van der Waals surface area contributed by atoms with E-state index >= 15 is 0 Å². The van der Waals surface area contributed by atoms with Crippen LogP contribution in [-0.4, -0.2) is 35.9 Å². The number of nitrogens with zero attached hydrogens (tertiary/aromatic N) is 3. The van der Waals surface area contributed by atoms with Gasteiger partial charge in [0.25, 0.3) is 0 Å². The van der Waals surface area contributed by atoms with Crippen LogP contribution in [0.5, 0.6) is 0 Å². The summed E-state index contributed by atoms with van der Waals surface area (Å²) in [4.78, 5) is 2.31. The molecule has 15 heavy (non-hydrogen) atoms. The van der Waals surface area contributed by atoms with Crippen LogP contribution in [0.3, 0.4) is 0 Å². The molecular weight excluding hydrogens is 188 g/mol. The van der Waals surface area contributed by atoms with Crippen LogP contribution in [0.25, 0.3) is 0 Å². The topological polar surface area (TPSA) is 41.0 Å². The van der Waals surface area contributed by atoms with Gasteiger partial charge in [-0.05, 0) is 31.5 Å². The Labute approximate surface area is 90.7 Å². The van der Waals surface area contributed by atoms with Crippen LogP contribution >= 0.6 is 0 Å². The van der Waals surface area contributed by atoms with Crippen molar-refractivity contribution in [2.75, 3.05) is 24.5 Å². The average molecular weight is 206 g/mol. The molecule has 4 nitrogen and oxygen atoms in total. The maximum atomic E-state index is 4.13. The van der Waals surface area contributed by atoms with E-state index < -0.39 is 0 Å². The largest absolute Gasteiger partial charge is 0.355 e. The fourth-order valence-corrected chi connectivity index (χ4v) is 2.06. The third kappa shape index (κ3) is 2.65. The highest BCUT2D eigenvalue weighted by Crippen LogP contribution is 2.16. The molecule has 1 aliphatic rings. The first-order valence-corrected chi connectivity index (χ1v) is 5.66. The standard InChI is InChI=1S/C11H18N4/c1-2-12-10-5-8-15(9-6-10)11-4-3-7-13-14-11/h3-4,7,10,12H,2,5-6,8-9H2,1H3. The molecule has 0 aliphatic carbocycles. The number of anilines is 1. The minimum Gasteiger partial charge on any atom is -0.355 e. The molecule has 0 amide bonds. The Hall–Kier alpha value is -1.16. The third-order valence-corrected chi connectivity index (χ3v) is 2.87. The van der Waals surface area contributed by atoms with Gasteiger partial charge >= 0.3 is 0 Å². The molecular formula is C11H18N4. The molecule has 82 valence electrons. The van der Waals surface area contributed by atoms with Gasteiger partial charge in [-0.2, -0.15) is 5.10 Å². The van der Waals surface area contributed by atoms with E-state index in [-0.39, 0.29) is 0 Å². The molecule has 0 unspecified atom stereocenters. The van der Waals surface area contributed by atoms with Crippen molar-refractivity contribution in [2.45, 2.75) is 25.8 Å². The van der Waals surface area contributed by atoms with Crippen molar-refractivity contribution in [2.24, 2.45) is 0 Å². The van der Waals surface area contributed by atoms with E-state index in [1.165, 1.54) is 12.8 Å². The summed E-state index contributed by atoms with van der Waals surface area (Å²) in [6.07, 6.45) is 4.11. The molecule has 0 aromatic carbocycles. The summed E-state index contributed by atoms with van der Waals surface area (Å²) in [6, 6.07) is 4.65. The van der Waals surface area contributed by atoms with Gasteiger partial charge in [0.1, 0.15) is 0 Å². The van der Waals surface area contributed by atoms with Crippen molar-refractivity contribution in [3.63, 3.8) is 0 Å². The maximum absolute atomic E-state index is 4.13. The predicted molar refractivity (Wildman–Crippen MR) is 60.9 cm³/mol. The average Bonchev–Trinajstić information content (AvgIpc) is 2.32. The molecule has 1 aromatic rings. The van der Waals surface area contributed by atoms with Crippen molar-refractivity contribution in [3.05, 3.63) is 18.3 Å². The zero-order chi connectivity index (χ0) is 10.5. The zero-order valence-electron chi connectivity index (χ0n) is 9.19. The zero-order valence-corrected chi connectivity index (χ0v) is 9.19. The second-order valence-electron chi connectivity index (χ2n) is 3.90. The fraction of sp³-hybridized carbons (Fsp3) is 0.636. The quantitative estimate of drug-likeness (QED) is 0.802. The molecule has 1 N–H and O–H groups in total. The summed E-state index contributed by atoms with van der Waals surface area (Å²) in [5, 5.41) is 11.5. The van der Waals surface area contributed by atoms with Crippen molar-refractivity contribution < 1.29 is 0 Å². The Kier molecular flexibility index (Phi) is 3.50. The summed E-state index contributed by atoms with van der Waals surface area (Å²) < 4.78 is 0. The van der Waals surface area contributed by atoms with Gasteiger partial charge in [-0.3, -0.25) is 0 Å². The molecule has 2 heterocycles. The lowest BCUT2D eigenvalue weighted by atomic mass is 10.1. The lowest BCUT2D eigenvalue weighted by Gasteiger charge is -2.32. The van der Waals surface area contributed by atoms with Crippen molar-refractivity contribution >= 4 is 5.82 Å². The van der Waals surface area contributed by atoms with Gasteiger partial charge in [0.2, 0.25) is 0 Å². The molecule has 1 saturated heterocycles. The minimum atomic E-state index is 0.683. The smallest absolute Gasteiger partial charge is 0.151 e. The van der Waals surface area contributed by atoms with E-state index in [1.54, 1.807) is 6.20 Å². The number of hydrogen-bond donors (Lipinski definition) is 1. The van der Waals surface area contributed by atoms with Gasteiger partial charge in [0.15, 0.2) is 5.82 Å². The Morgan fingerprint density at radius 2 is 2.27 bits per heavy atom. The van der Waals surface area contributed by atoms with E-state index in [4.69, 9.17) is 0 Å². The SMILES string of the molecule is CCNC1CCN(c2cccnn2)CC1. The summed E-state index contributed by atoms with van der Waals surface area (Å²) in [5.41, 5.74) is 0. The Morgan fingerprint density at radius 3 is 2.87 bits per heavy atom. The first-order valence-electron chi connectivity index (χ1n) is 5.66. The lowest BCUT2D eigenvalue weighted by Crippen LogP contribution is -2.42. The molecule has 1 aliphatic heterocycles. The summed E-state index contributed by atoms with van der Waals surface area (Å²) in [7, 11) is 0. The van der Waals surface area contributed by atoms with E-state index in [0.717, 1.165) is 25.5 Å². The van der Waals surface area contributed by atoms with Gasteiger partial charge in [0.05, 0.1) is 0 Å². The second-order valence-corrected chi connectivity index (χ2v) is 3.90. The third-order valence-electron chi connectivity index (χ3n) is 2.87. The first-order chi connectivity index (χ1) is 7.40. The predicted octanol–water partition coefficient (Wildman–Crippen LogP) is 1.05. The molecule has 0 atom stereocenters. The highest BCUT2D eigenvalue weighted by atomic mass is 15.3. The van der Waals surface area contributed by atoms with Gasteiger partial charge in [-0.15, -0.1) is 5.10 Å². The normalized spacial score (nSPS) is 18.1. The van der Waals surface area contributed by atoms with E-state index in [0.29, 0.717) is 6.04 Å². The van der Waals surface area contributed by atoms with Crippen LogP contribution in [0.15, 0.2) is 18.3 Å². The summed E-state index contributed by atoms with van der Waals surface area (Å²) in [6.45, 7) is 5.39. The fourth-order valence-electron chi connectivity index (χ4n) is 2.06. The van der Waals surface area contributed by atoms with Gasteiger partial charge in [-0.25, -0.2) is 0 Å². The monoisotopic (exact) mass is 206 g/mol. The first kappa shape index (κ1) is 10.4. The van der Waals surface area contributed by atoms with Crippen molar-refractivity contribution in [1.82, 2.24) is 15.5 Å². The van der Waals surface area contributed by atoms with Crippen LogP contribution in [0.4, 0.5) is 5.82 Å². The van der Waals surface area contributed by atoms with Crippen LogP contribution in [0, 0.1) is 0 Å². The Morgan fingerprint density at radius 1 is 1.47 bits per heavy atom.